The van der Waals surface area contributed by atoms with Crippen LogP contribution in [-0.2, 0) is 6.42 Å². The van der Waals surface area contributed by atoms with E-state index in [9.17, 15) is 8.78 Å². The lowest BCUT2D eigenvalue weighted by Crippen LogP contribution is -2.14. The summed E-state index contributed by atoms with van der Waals surface area (Å²) in [7, 11) is 0. The quantitative estimate of drug-likeness (QED) is 0.379. The molecule has 0 amide bonds. The molecule has 0 radical (unpaired) electrons. The van der Waals surface area contributed by atoms with Gasteiger partial charge in [-0.15, -0.1) is 20.4 Å². The molecule has 0 saturated carbocycles. The Morgan fingerprint density at radius 1 is 0.966 bits per heavy atom. The van der Waals surface area contributed by atoms with Gasteiger partial charge in [0.2, 0.25) is 16.9 Å². The van der Waals surface area contributed by atoms with Crippen molar-refractivity contribution in [1.29, 1.82) is 0 Å². The summed E-state index contributed by atoms with van der Waals surface area (Å²) in [5.74, 6) is 6.71. The van der Waals surface area contributed by atoms with Gasteiger partial charge in [-0.3, -0.25) is 0 Å². The second kappa shape index (κ2) is 8.00. The lowest BCUT2D eigenvalue weighted by Gasteiger charge is -2.07. The minimum absolute atomic E-state index is 0.234. The molecule has 2 N–H and O–H groups in total. The fourth-order valence-corrected chi connectivity index (χ4v) is 3.43. The van der Waals surface area contributed by atoms with Crippen molar-refractivity contribution in [3.63, 3.8) is 0 Å². The zero-order valence-corrected chi connectivity index (χ0v) is 16.1. The van der Waals surface area contributed by atoms with E-state index in [2.05, 4.69) is 20.4 Å². The van der Waals surface area contributed by atoms with Crippen LogP contribution in [0.4, 0.5) is 8.78 Å². The van der Waals surface area contributed by atoms with E-state index in [1.54, 1.807) is 24.3 Å². The molecule has 4 rings (SSSR count). The van der Waals surface area contributed by atoms with Crippen LogP contribution in [0.25, 0.3) is 11.5 Å². The van der Waals surface area contributed by atoms with Gasteiger partial charge in [-0.05, 0) is 48.9 Å². The highest BCUT2D eigenvalue weighted by Gasteiger charge is 2.20. The fourth-order valence-electron chi connectivity index (χ4n) is 2.61. The largest absolute Gasteiger partial charge is 0.419 e. The molecule has 7 nitrogen and oxygen atoms in total. The number of hydrogen-bond donors (Lipinski definition) is 1. The Kier molecular flexibility index (Phi) is 5.26. The van der Waals surface area contributed by atoms with Gasteiger partial charge in [-0.25, -0.2) is 13.5 Å². The van der Waals surface area contributed by atoms with Crippen LogP contribution in [0.1, 0.15) is 29.5 Å². The summed E-state index contributed by atoms with van der Waals surface area (Å²) in [5.41, 5.74) is 1.50. The molecule has 0 saturated heterocycles. The maximum Gasteiger partial charge on any atom is 0.247 e. The molecule has 1 atom stereocenters. The lowest BCUT2D eigenvalue weighted by molar-refractivity contribution is 0.508. The number of hydrogen-bond acceptors (Lipinski definition) is 7. The molecule has 0 aliphatic carbocycles. The standard InChI is InChI=1S/C19H16F2N6OS/c1-11(17-24-25-18(28-17)13-4-8-15(21)9-5-13)29-19-26-23-16(27(19)22)10-12-2-6-14(20)7-3-12/h2-9,11H,10,22H2,1H3/t11-/m1/s1. The SMILES string of the molecule is C[C@@H](Sc1nnc(Cc2ccc(F)cc2)n1N)c1nnc(-c2ccc(F)cc2)o1. The van der Waals surface area contributed by atoms with E-state index >= 15 is 0 Å². The molecule has 4 aromatic rings. The molecule has 29 heavy (non-hydrogen) atoms. The molecular formula is C19H16F2N6OS. The summed E-state index contributed by atoms with van der Waals surface area (Å²) < 4.78 is 33.2. The number of rotatable bonds is 6. The second-order valence-electron chi connectivity index (χ2n) is 6.28. The average molecular weight is 414 g/mol. The Hall–Kier alpha value is -3.27. The number of nitrogens with two attached hydrogens (primary N) is 1. The van der Waals surface area contributed by atoms with Gasteiger partial charge in [0.1, 0.15) is 11.6 Å². The third kappa shape index (κ3) is 4.27. The molecule has 2 aromatic heterocycles. The molecule has 2 aromatic carbocycles. The van der Waals surface area contributed by atoms with E-state index in [4.69, 9.17) is 10.3 Å². The van der Waals surface area contributed by atoms with Crippen molar-refractivity contribution in [2.75, 3.05) is 5.84 Å². The summed E-state index contributed by atoms with van der Waals surface area (Å²) in [6, 6.07) is 11.9. The minimum Gasteiger partial charge on any atom is -0.419 e. The van der Waals surface area contributed by atoms with Crippen LogP contribution in [0.3, 0.4) is 0 Å². The molecule has 0 fully saturated rings. The van der Waals surface area contributed by atoms with Crippen LogP contribution in [0.2, 0.25) is 0 Å². The van der Waals surface area contributed by atoms with Crippen LogP contribution < -0.4 is 5.84 Å². The predicted molar refractivity (Wildman–Crippen MR) is 103 cm³/mol. The molecular weight excluding hydrogens is 398 g/mol. The van der Waals surface area contributed by atoms with Crippen molar-refractivity contribution in [2.45, 2.75) is 23.8 Å². The number of aromatic nitrogens is 5. The van der Waals surface area contributed by atoms with Gasteiger partial charge in [0, 0.05) is 12.0 Å². The molecule has 0 aliphatic rings. The fraction of sp³-hybridized carbons (Fsp3) is 0.158. The Bertz CT molecular complexity index is 1110. The van der Waals surface area contributed by atoms with E-state index in [0.29, 0.717) is 34.7 Å². The summed E-state index contributed by atoms with van der Waals surface area (Å²) in [6.45, 7) is 1.88. The monoisotopic (exact) mass is 414 g/mol. The highest BCUT2D eigenvalue weighted by atomic mass is 32.2. The predicted octanol–water partition coefficient (Wildman–Crippen LogP) is 3.76. The summed E-state index contributed by atoms with van der Waals surface area (Å²) in [6.07, 6.45) is 0.425. The van der Waals surface area contributed by atoms with Gasteiger partial charge in [0.05, 0.1) is 5.25 Å². The molecule has 0 spiro atoms. The normalized spacial score (nSPS) is 12.2. The molecule has 0 unspecified atom stereocenters. The number of thioether (sulfide) groups is 1. The van der Waals surface area contributed by atoms with Crippen LogP contribution in [-0.4, -0.2) is 25.1 Å². The second-order valence-corrected chi connectivity index (χ2v) is 7.59. The number of nitrogens with zero attached hydrogens (tertiary/aromatic N) is 5. The summed E-state index contributed by atoms with van der Waals surface area (Å²) in [4.78, 5) is 0. The third-order valence-corrected chi connectivity index (χ3v) is 5.22. The number of halogens is 2. The van der Waals surface area contributed by atoms with Crippen molar-refractivity contribution in [2.24, 2.45) is 0 Å². The Labute approximate surface area is 168 Å². The molecule has 148 valence electrons. The van der Waals surface area contributed by atoms with Gasteiger partial charge in [-0.2, -0.15) is 0 Å². The van der Waals surface area contributed by atoms with Crippen LogP contribution in [0.5, 0.6) is 0 Å². The van der Waals surface area contributed by atoms with E-state index in [1.165, 1.54) is 40.7 Å². The topological polar surface area (TPSA) is 95.7 Å². The maximum absolute atomic E-state index is 13.1. The highest BCUT2D eigenvalue weighted by Crippen LogP contribution is 2.34. The van der Waals surface area contributed by atoms with Crippen molar-refractivity contribution in [1.82, 2.24) is 25.1 Å². The highest BCUT2D eigenvalue weighted by molar-refractivity contribution is 7.99. The summed E-state index contributed by atoms with van der Waals surface area (Å²) in [5, 5.41) is 16.5. The van der Waals surface area contributed by atoms with E-state index in [0.717, 1.165) is 5.56 Å². The maximum atomic E-state index is 13.1. The van der Waals surface area contributed by atoms with Crippen LogP contribution >= 0.6 is 11.8 Å². The smallest absolute Gasteiger partial charge is 0.247 e. The van der Waals surface area contributed by atoms with Gasteiger partial charge >= 0.3 is 0 Å². The Balaban J connectivity index is 1.46. The van der Waals surface area contributed by atoms with Crippen molar-refractivity contribution in [3.05, 3.63) is 77.4 Å². The van der Waals surface area contributed by atoms with Crippen LogP contribution in [0, 0.1) is 11.6 Å². The van der Waals surface area contributed by atoms with E-state index in [1.807, 2.05) is 6.92 Å². The zero-order chi connectivity index (χ0) is 20.4. The summed E-state index contributed by atoms with van der Waals surface area (Å²) >= 11 is 1.32. The first kappa shape index (κ1) is 19.1. The van der Waals surface area contributed by atoms with Gasteiger partial charge in [0.15, 0.2) is 5.82 Å². The van der Waals surface area contributed by atoms with Gasteiger partial charge in [-0.1, -0.05) is 23.9 Å². The van der Waals surface area contributed by atoms with Crippen molar-refractivity contribution in [3.8, 4) is 11.5 Å². The first-order valence-electron chi connectivity index (χ1n) is 8.69. The molecule has 10 heteroatoms. The Morgan fingerprint density at radius 3 is 2.31 bits per heavy atom. The van der Waals surface area contributed by atoms with Crippen LogP contribution in [0.15, 0.2) is 58.1 Å². The van der Waals surface area contributed by atoms with Crippen molar-refractivity contribution >= 4 is 11.8 Å². The number of nitrogen functional groups attached to an aromatic ring is 1. The molecule has 2 heterocycles. The first-order chi connectivity index (χ1) is 14.0. The Morgan fingerprint density at radius 2 is 1.62 bits per heavy atom. The third-order valence-electron chi connectivity index (χ3n) is 4.17. The zero-order valence-electron chi connectivity index (χ0n) is 15.3. The van der Waals surface area contributed by atoms with Gasteiger partial charge in [0.25, 0.3) is 0 Å². The minimum atomic E-state index is -0.337. The number of benzene rings is 2. The lowest BCUT2D eigenvalue weighted by atomic mass is 10.1. The average Bonchev–Trinajstić information content (AvgIpc) is 3.33. The van der Waals surface area contributed by atoms with E-state index in [-0.39, 0.29) is 16.9 Å². The molecule has 0 bridgehead atoms. The van der Waals surface area contributed by atoms with E-state index < -0.39 is 0 Å². The van der Waals surface area contributed by atoms with Crippen molar-refractivity contribution < 1.29 is 13.2 Å². The van der Waals surface area contributed by atoms with Gasteiger partial charge < -0.3 is 10.3 Å². The first-order valence-corrected chi connectivity index (χ1v) is 9.57. The molecule has 0 aliphatic heterocycles.